The number of rotatable bonds is 4. The van der Waals surface area contributed by atoms with E-state index in [1.54, 1.807) is 0 Å². The van der Waals surface area contributed by atoms with Crippen LogP contribution in [0.25, 0.3) is 0 Å². The van der Waals surface area contributed by atoms with Crippen molar-refractivity contribution in [2.45, 2.75) is 32.4 Å². The number of nitrogens with one attached hydrogen (secondary N) is 1. The van der Waals surface area contributed by atoms with Gasteiger partial charge in [-0.2, -0.15) is 0 Å². The van der Waals surface area contributed by atoms with Crippen LogP contribution >= 0.6 is 0 Å². The van der Waals surface area contributed by atoms with Gasteiger partial charge in [0.2, 0.25) is 0 Å². The molecular formula is C15H29N3O. The van der Waals surface area contributed by atoms with Crippen molar-refractivity contribution in [3.63, 3.8) is 0 Å². The highest BCUT2D eigenvalue weighted by atomic mass is 16.5. The van der Waals surface area contributed by atoms with Gasteiger partial charge in [0.15, 0.2) is 0 Å². The first-order valence-electron chi connectivity index (χ1n) is 7.85. The lowest BCUT2D eigenvalue weighted by Gasteiger charge is -2.55. The predicted molar refractivity (Wildman–Crippen MR) is 77.4 cm³/mol. The van der Waals surface area contributed by atoms with Crippen LogP contribution in [-0.4, -0.2) is 74.9 Å². The zero-order valence-electron chi connectivity index (χ0n) is 12.7. The van der Waals surface area contributed by atoms with Crippen molar-refractivity contribution in [1.29, 1.82) is 0 Å². The minimum atomic E-state index is 0.323. The first-order valence-corrected chi connectivity index (χ1v) is 7.85. The monoisotopic (exact) mass is 267 g/mol. The average Bonchev–Trinajstić information content (AvgIpc) is 2.83. The Morgan fingerprint density at radius 1 is 1.21 bits per heavy atom. The molecular weight excluding hydrogens is 238 g/mol. The lowest BCUT2D eigenvalue weighted by Crippen LogP contribution is -2.66. The van der Waals surface area contributed by atoms with E-state index in [1.165, 1.54) is 39.1 Å². The maximum atomic E-state index is 5.85. The van der Waals surface area contributed by atoms with E-state index in [9.17, 15) is 0 Å². The number of piperazine rings is 1. The molecule has 0 aromatic rings. The third-order valence-electron chi connectivity index (χ3n) is 5.49. The summed E-state index contributed by atoms with van der Waals surface area (Å²) in [6.07, 6.45) is 1.76. The summed E-state index contributed by atoms with van der Waals surface area (Å²) in [6, 6.07) is 0.660. The van der Waals surface area contributed by atoms with Gasteiger partial charge in [-0.15, -0.1) is 0 Å². The summed E-state index contributed by atoms with van der Waals surface area (Å²) in [5.41, 5.74) is 0.323. The number of likely N-dealkylation sites (N-methyl/N-ethyl adjacent to an activating group) is 1. The van der Waals surface area contributed by atoms with Crippen LogP contribution in [0.15, 0.2) is 0 Å². The number of fused-ring (bicyclic) bond motifs is 1. The van der Waals surface area contributed by atoms with Crippen LogP contribution in [0.3, 0.4) is 0 Å². The van der Waals surface area contributed by atoms with Gasteiger partial charge in [-0.05, 0) is 13.5 Å². The number of hydrogen-bond donors (Lipinski definition) is 1. The Labute approximate surface area is 117 Å². The maximum absolute atomic E-state index is 5.85. The van der Waals surface area contributed by atoms with Crippen molar-refractivity contribution in [2.24, 2.45) is 11.3 Å². The molecule has 110 valence electrons. The second kappa shape index (κ2) is 5.32. The predicted octanol–water partition coefficient (Wildman–Crippen LogP) is 0.637. The lowest BCUT2D eigenvalue weighted by molar-refractivity contribution is -0.112. The minimum Gasteiger partial charge on any atom is -0.377 e. The van der Waals surface area contributed by atoms with Crippen LogP contribution in [0.4, 0.5) is 0 Å². The molecule has 1 N–H and O–H groups in total. The molecule has 3 unspecified atom stereocenters. The van der Waals surface area contributed by atoms with Gasteiger partial charge in [-0.1, -0.05) is 13.8 Å². The third-order valence-corrected chi connectivity index (χ3v) is 5.49. The van der Waals surface area contributed by atoms with Crippen LogP contribution in [0.2, 0.25) is 0 Å². The lowest BCUT2D eigenvalue weighted by atomic mass is 9.57. The van der Waals surface area contributed by atoms with E-state index in [-0.39, 0.29) is 0 Å². The van der Waals surface area contributed by atoms with Gasteiger partial charge in [0.25, 0.3) is 0 Å². The summed E-state index contributed by atoms with van der Waals surface area (Å²) in [5, 5.41) is 3.80. The number of ether oxygens (including phenoxy) is 1. The fourth-order valence-electron chi connectivity index (χ4n) is 4.19. The molecule has 0 amide bonds. The zero-order chi connectivity index (χ0) is 13.5. The summed E-state index contributed by atoms with van der Waals surface area (Å²) in [5.74, 6) is 0.766. The van der Waals surface area contributed by atoms with E-state index in [4.69, 9.17) is 4.74 Å². The Kier molecular flexibility index (Phi) is 3.87. The number of nitrogens with zero attached hydrogens (tertiary/aromatic N) is 2. The molecule has 0 aromatic heterocycles. The highest BCUT2D eigenvalue weighted by molar-refractivity contribution is 5.11. The molecule has 1 saturated carbocycles. The molecule has 3 fully saturated rings. The Balaban J connectivity index is 1.41. The smallest absolute Gasteiger partial charge is 0.0685 e. The maximum Gasteiger partial charge on any atom is 0.0685 e. The Morgan fingerprint density at radius 2 is 1.95 bits per heavy atom. The van der Waals surface area contributed by atoms with E-state index >= 15 is 0 Å². The van der Waals surface area contributed by atoms with E-state index in [0.717, 1.165) is 19.1 Å². The highest BCUT2D eigenvalue weighted by Crippen LogP contribution is 2.51. The quantitative estimate of drug-likeness (QED) is 0.809. The SMILES string of the molecule is CN1CCN(CCNC2C3CCOC3C2(C)C)CC1. The largest absolute Gasteiger partial charge is 0.377 e. The fraction of sp³-hybridized carbons (Fsp3) is 1.00. The molecule has 4 heteroatoms. The van der Waals surface area contributed by atoms with Crippen molar-refractivity contribution >= 4 is 0 Å². The Bertz CT molecular complexity index is 313. The van der Waals surface area contributed by atoms with Crippen molar-refractivity contribution in [1.82, 2.24) is 15.1 Å². The normalized spacial score (nSPS) is 39.0. The molecule has 4 nitrogen and oxygen atoms in total. The molecule has 3 rings (SSSR count). The highest BCUT2D eigenvalue weighted by Gasteiger charge is 2.58. The first kappa shape index (κ1) is 13.8. The summed E-state index contributed by atoms with van der Waals surface area (Å²) >= 11 is 0. The summed E-state index contributed by atoms with van der Waals surface area (Å²) in [6.45, 7) is 12.9. The van der Waals surface area contributed by atoms with E-state index < -0.39 is 0 Å². The second-order valence-corrected chi connectivity index (χ2v) is 7.14. The van der Waals surface area contributed by atoms with Gasteiger partial charge >= 0.3 is 0 Å². The van der Waals surface area contributed by atoms with Gasteiger partial charge in [0.05, 0.1) is 6.10 Å². The van der Waals surface area contributed by atoms with Gasteiger partial charge in [0.1, 0.15) is 0 Å². The third kappa shape index (κ3) is 2.56. The molecule has 0 radical (unpaired) electrons. The molecule has 0 aromatic carbocycles. The molecule has 0 spiro atoms. The topological polar surface area (TPSA) is 27.7 Å². The molecule has 1 aliphatic carbocycles. The van der Waals surface area contributed by atoms with Crippen molar-refractivity contribution < 1.29 is 4.74 Å². The molecule has 2 aliphatic heterocycles. The summed E-state index contributed by atoms with van der Waals surface area (Å²) < 4.78 is 5.85. The molecule has 2 saturated heterocycles. The average molecular weight is 267 g/mol. The molecule has 0 bridgehead atoms. The zero-order valence-corrected chi connectivity index (χ0v) is 12.7. The molecule has 2 heterocycles. The Hall–Kier alpha value is -0.160. The molecule has 3 atom stereocenters. The Morgan fingerprint density at radius 3 is 2.68 bits per heavy atom. The van der Waals surface area contributed by atoms with E-state index in [0.29, 0.717) is 17.6 Å². The summed E-state index contributed by atoms with van der Waals surface area (Å²) in [7, 11) is 2.21. The van der Waals surface area contributed by atoms with Crippen LogP contribution in [0.1, 0.15) is 20.3 Å². The van der Waals surface area contributed by atoms with Gasteiger partial charge in [-0.3, -0.25) is 4.90 Å². The van der Waals surface area contributed by atoms with Crippen molar-refractivity contribution in [2.75, 3.05) is 52.9 Å². The van der Waals surface area contributed by atoms with Gasteiger partial charge in [-0.25, -0.2) is 0 Å². The van der Waals surface area contributed by atoms with Crippen molar-refractivity contribution in [3.05, 3.63) is 0 Å². The van der Waals surface area contributed by atoms with Crippen molar-refractivity contribution in [3.8, 4) is 0 Å². The van der Waals surface area contributed by atoms with Crippen LogP contribution < -0.4 is 5.32 Å². The second-order valence-electron chi connectivity index (χ2n) is 7.14. The van der Waals surface area contributed by atoms with Gasteiger partial charge in [0, 0.05) is 63.3 Å². The molecule has 3 aliphatic rings. The number of hydrogen-bond acceptors (Lipinski definition) is 4. The summed E-state index contributed by atoms with van der Waals surface area (Å²) in [4.78, 5) is 5.00. The fourth-order valence-corrected chi connectivity index (χ4v) is 4.19. The van der Waals surface area contributed by atoms with Crippen LogP contribution in [0, 0.1) is 11.3 Å². The standard InChI is InChI=1S/C15H29N3O/c1-15(2)13(12-4-11-19-14(12)15)16-5-6-18-9-7-17(3)8-10-18/h12-14,16H,4-11H2,1-3H3. The molecule has 19 heavy (non-hydrogen) atoms. The first-order chi connectivity index (χ1) is 9.09. The minimum absolute atomic E-state index is 0.323. The van der Waals surface area contributed by atoms with Gasteiger partial charge < -0.3 is 15.0 Å². The van der Waals surface area contributed by atoms with E-state index in [1.807, 2.05) is 0 Å². The van der Waals surface area contributed by atoms with Crippen LogP contribution in [-0.2, 0) is 4.74 Å². The van der Waals surface area contributed by atoms with E-state index in [2.05, 4.69) is 36.0 Å². The van der Waals surface area contributed by atoms with Crippen LogP contribution in [0.5, 0.6) is 0 Å².